The number of halogens is 3. The van der Waals surface area contributed by atoms with Crippen LogP contribution in [0, 0.1) is 28.8 Å². The number of rotatable bonds is 6. The summed E-state index contributed by atoms with van der Waals surface area (Å²) in [5, 5.41) is 49.2. The third-order valence-corrected chi connectivity index (χ3v) is 5.92. The Balaban J connectivity index is 1.87. The molecule has 3 rings (SSSR count). The molecule has 1 aromatic carbocycles. The van der Waals surface area contributed by atoms with Crippen LogP contribution in [0.2, 0.25) is 0 Å². The Labute approximate surface area is 193 Å². The Kier molecular flexibility index (Phi) is 8.02. The van der Waals surface area contributed by atoms with Crippen LogP contribution >= 0.6 is 11.8 Å². The van der Waals surface area contributed by atoms with Crippen molar-refractivity contribution >= 4 is 23.7 Å². The van der Waals surface area contributed by atoms with Crippen LogP contribution in [0.1, 0.15) is 11.3 Å². The summed E-state index contributed by atoms with van der Waals surface area (Å²) in [6, 6.07) is 2.77. The molecular formula is C19H18F3N6O5S+. The predicted octanol–water partition coefficient (Wildman–Crippen LogP) is -2.53. The summed E-state index contributed by atoms with van der Waals surface area (Å²) in [5.41, 5.74) is -2.65. The highest BCUT2D eigenvalue weighted by atomic mass is 32.2. The molecule has 1 aliphatic rings. The lowest BCUT2D eigenvalue weighted by Gasteiger charge is -2.37. The van der Waals surface area contributed by atoms with Crippen molar-refractivity contribution in [3.8, 4) is 6.07 Å². The highest BCUT2D eigenvalue weighted by Crippen LogP contribution is 2.30. The maximum absolute atomic E-state index is 13.6. The van der Waals surface area contributed by atoms with Crippen molar-refractivity contribution in [2.24, 2.45) is 10.9 Å². The van der Waals surface area contributed by atoms with Gasteiger partial charge in [0.05, 0.1) is 11.6 Å². The molecule has 2 heterocycles. The number of hydrogen-bond acceptors (Lipinski definition) is 10. The van der Waals surface area contributed by atoms with E-state index in [-0.39, 0.29) is 22.0 Å². The van der Waals surface area contributed by atoms with Crippen molar-refractivity contribution < 1.29 is 38.2 Å². The number of nitrogens with one attached hydrogen (secondary N) is 2. The number of nitriles is 1. The van der Waals surface area contributed by atoms with Crippen LogP contribution in [-0.2, 0) is 4.74 Å². The minimum Gasteiger partial charge on any atom is -0.394 e. The van der Waals surface area contributed by atoms with Crippen molar-refractivity contribution in [3.05, 3.63) is 57.1 Å². The summed E-state index contributed by atoms with van der Waals surface area (Å²) in [5.74, 6) is 0.644. The molecule has 0 aliphatic carbocycles. The summed E-state index contributed by atoms with van der Waals surface area (Å²) >= 11 is 0.801. The molecule has 7 N–H and O–H groups in total. The largest absolute Gasteiger partial charge is 0.394 e. The summed E-state index contributed by atoms with van der Waals surface area (Å²) in [7, 11) is 0. The minimum atomic E-state index is -1.68. The van der Waals surface area contributed by atoms with Gasteiger partial charge in [-0.3, -0.25) is 9.89 Å². The fourth-order valence-corrected chi connectivity index (χ4v) is 4.14. The van der Waals surface area contributed by atoms with E-state index in [4.69, 9.17) is 15.8 Å². The van der Waals surface area contributed by atoms with E-state index in [9.17, 15) is 33.3 Å². The van der Waals surface area contributed by atoms with Crippen molar-refractivity contribution in [1.82, 2.24) is 10.2 Å². The maximum atomic E-state index is 13.6. The third kappa shape index (κ3) is 5.26. The Hall–Kier alpha value is -3.29. The smallest absolute Gasteiger partial charge is 0.219 e. The molecule has 0 spiro atoms. The molecule has 15 heteroatoms. The summed E-state index contributed by atoms with van der Waals surface area (Å²) in [6.07, 6.45) is -3.08. The maximum Gasteiger partial charge on any atom is 0.219 e. The number of ether oxygens (including phenoxy) is 1. The normalized spacial score (nSPS) is 25.4. The van der Waals surface area contributed by atoms with Gasteiger partial charge < -0.3 is 25.9 Å². The fraction of sp³-hybridized carbons (Fsp3) is 0.316. The lowest BCUT2D eigenvalue weighted by atomic mass is 9.98. The highest BCUT2D eigenvalue weighted by Gasteiger charge is 2.48. The first-order valence-corrected chi connectivity index (χ1v) is 10.4. The minimum absolute atomic E-state index is 0.130. The second-order valence-corrected chi connectivity index (χ2v) is 8.13. The number of nitrogens with two attached hydrogens (primary N) is 1. The second-order valence-electron chi connectivity index (χ2n) is 6.99. The van der Waals surface area contributed by atoms with E-state index in [1.54, 1.807) is 6.07 Å². The van der Waals surface area contributed by atoms with E-state index in [1.807, 2.05) is 0 Å². The van der Waals surface area contributed by atoms with Gasteiger partial charge in [0.1, 0.15) is 23.7 Å². The van der Waals surface area contributed by atoms with E-state index in [1.165, 1.54) is 0 Å². The van der Waals surface area contributed by atoms with Crippen LogP contribution in [0.15, 0.2) is 33.1 Å². The molecule has 0 bridgehead atoms. The third-order valence-electron chi connectivity index (χ3n) is 4.84. The molecule has 0 amide bonds. The summed E-state index contributed by atoms with van der Waals surface area (Å²) in [6.45, 7) is -0.641. The number of nitrogens with zero attached hydrogens (tertiary/aromatic N) is 3. The molecule has 3 unspecified atom stereocenters. The van der Waals surface area contributed by atoms with Gasteiger partial charge >= 0.3 is 0 Å². The van der Waals surface area contributed by atoms with Crippen LogP contribution < -0.4 is 16.3 Å². The van der Waals surface area contributed by atoms with Gasteiger partial charge in [-0.1, -0.05) is 11.8 Å². The van der Waals surface area contributed by atoms with E-state index < -0.39 is 59.3 Å². The molecule has 34 heavy (non-hydrogen) atoms. The SMILES string of the molecule is N#Cc1n[nH]c(S[C@H]2OC(CO)[C@H](O)C([NH+]=CC(=NN)c3cc(F)c(F)c(F)c3)C2O)cc1=O. The first-order valence-electron chi connectivity index (χ1n) is 9.51. The molecule has 1 aliphatic heterocycles. The first kappa shape index (κ1) is 25.3. The molecule has 0 saturated carbocycles. The van der Waals surface area contributed by atoms with Gasteiger partial charge in [-0.2, -0.15) is 15.5 Å². The molecule has 1 saturated heterocycles. The second kappa shape index (κ2) is 10.8. The van der Waals surface area contributed by atoms with Crippen LogP contribution in [-0.4, -0.2) is 73.8 Å². The van der Waals surface area contributed by atoms with E-state index in [0.29, 0.717) is 12.1 Å². The number of hydrogen-bond donors (Lipinski definition) is 6. The molecule has 180 valence electrons. The lowest BCUT2D eigenvalue weighted by molar-refractivity contribution is -0.537. The number of benzene rings is 1. The van der Waals surface area contributed by atoms with E-state index in [2.05, 4.69) is 20.3 Å². The Bertz CT molecular complexity index is 1200. The molecule has 5 atom stereocenters. The molecule has 1 aromatic heterocycles. The first-order chi connectivity index (χ1) is 16.2. The average Bonchev–Trinajstić information content (AvgIpc) is 2.81. The highest BCUT2D eigenvalue weighted by molar-refractivity contribution is 7.99. The van der Waals surface area contributed by atoms with Crippen molar-refractivity contribution in [2.75, 3.05) is 6.61 Å². The monoisotopic (exact) mass is 499 g/mol. The molecule has 2 aromatic rings. The van der Waals surface area contributed by atoms with Crippen LogP contribution in [0.3, 0.4) is 0 Å². The topological polar surface area (TPSA) is 192 Å². The summed E-state index contributed by atoms with van der Waals surface area (Å²) < 4.78 is 45.9. The molecule has 0 radical (unpaired) electrons. The Morgan fingerprint density at radius 3 is 2.56 bits per heavy atom. The zero-order valence-electron chi connectivity index (χ0n) is 17.0. The zero-order valence-corrected chi connectivity index (χ0v) is 17.8. The van der Waals surface area contributed by atoms with Crippen molar-refractivity contribution in [1.29, 1.82) is 5.26 Å². The number of aliphatic hydroxyl groups excluding tert-OH is 3. The van der Waals surface area contributed by atoms with Gasteiger partial charge in [-0.15, -0.1) is 0 Å². The van der Waals surface area contributed by atoms with Gasteiger partial charge in [0.15, 0.2) is 35.5 Å². The van der Waals surface area contributed by atoms with Gasteiger partial charge in [0.25, 0.3) is 0 Å². The fourth-order valence-electron chi connectivity index (χ4n) is 3.11. The van der Waals surface area contributed by atoms with Gasteiger partial charge in [-0.25, -0.2) is 18.2 Å². The Morgan fingerprint density at radius 1 is 1.32 bits per heavy atom. The van der Waals surface area contributed by atoms with Crippen molar-refractivity contribution in [2.45, 2.75) is 34.8 Å². The predicted molar refractivity (Wildman–Crippen MR) is 111 cm³/mol. The quantitative estimate of drug-likeness (QED) is 0.108. The van der Waals surface area contributed by atoms with Crippen molar-refractivity contribution in [3.63, 3.8) is 0 Å². The van der Waals surface area contributed by atoms with Crippen LogP contribution in [0.4, 0.5) is 13.2 Å². The molecule has 11 nitrogen and oxygen atoms in total. The van der Waals surface area contributed by atoms with Gasteiger partial charge in [0, 0.05) is 11.6 Å². The number of aliphatic hydroxyl groups is 3. The number of H-pyrrole nitrogens is 1. The van der Waals surface area contributed by atoms with Crippen LogP contribution in [0.25, 0.3) is 0 Å². The lowest BCUT2D eigenvalue weighted by Crippen LogP contribution is -2.87. The number of hydrazone groups is 1. The zero-order chi connectivity index (χ0) is 25.0. The number of thioether (sulfide) groups is 1. The van der Waals surface area contributed by atoms with Gasteiger partial charge in [0.2, 0.25) is 17.2 Å². The van der Waals surface area contributed by atoms with E-state index >= 15 is 0 Å². The summed E-state index contributed by atoms with van der Waals surface area (Å²) in [4.78, 5) is 14.4. The van der Waals surface area contributed by atoms with E-state index in [0.717, 1.165) is 24.0 Å². The Morgan fingerprint density at radius 2 is 2.00 bits per heavy atom. The van der Waals surface area contributed by atoms with Gasteiger partial charge in [-0.05, 0) is 12.1 Å². The standard InChI is InChI=1S/C19H17F3N6O5S/c20-8-1-7(2-9(21)15(8)22)11(26-24)5-25-16-17(31)13(6-29)33-19(18(16)32)34-14-3-12(30)10(4-23)27-28-14/h1-3,5,13,16-19,29,31-32H,6,24H2,(H,28,30)/p+1/t13?,16?,17-,18?,19+/m0/s1. The average molecular weight is 499 g/mol. The number of aromatic amines is 1. The molecule has 1 fully saturated rings. The molecular weight excluding hydrogens is 481 g/mol. The number of aromatic nitrogens is 2. The van der Waals surface area contributed by atoms with Crippen LogP contribution in [0.5, 0.6) is 0 Å².